The van der Waals surface area contributed by atoms with Crippen LogP contribution in [0.1, 0.15) is 19.2 Å². The molecule has 1 amide bonds. The van der Waals surface area contributed by atoms with Crippen molar-refractivity contribution in [2.24, 2.45) is 0 Å². The Morgan fingerprint density at radius 1 is 1.18 bits per heavy atom. The van der Waals surface area contributed by atoms with Crippen LogP contribution in [0.4, 0.5) is 10.9 Å². The van der Waals surface area contributed by atoms with Crippen LogP contribution < -0.4 is 15.4 Å². The second-order valence-electron chi connectivity index (χ2n) is 7.51. The van der Waals surface area contributed by atoms with Gasteiger partial charge < -0.3 is 19.9 Å². The molecule has 34 heavy (non-hydrogen) atoms. The lowest BCUT2D eigenvalue weighted by molar-refractivity contribution is -0.115. The zero-order valence-electron chi connectivity index (χ0n) is 18.7. The second-order valence-corrected chi connectivity index (χ2v) is 8.51. The summed E-state index contributed by atoms with van der Waals surface area (Å²) in [6.45, 7) is 4.68. The largest absolute Gasteiger partial charge is 0.492 e. The van der Waals surface area contributed by atoms with Gasteiger partial charge >= 0.3 is 0 Å². The fraction of sp³-hybridized carbons (Fsp3) is 0.208. The summed E-state index contributed by atoms with van der Waals surface area (Å²) in [4.78, 5) is 25.8. The Bertz CT molecular complexity index is 1480. The van der Waals surface area contributed by atoms with Gasteiger partial charge in [-0.1, -0.05) is 34.7 Å². The number of ether oxygens (including phenoxy) is 1. The van der Waals surface area contributed by atoms with E-state index in [0.29, 0.717) is 35.8 Å². The maximum absolute atomic E-state index is 12.5. The molecule has 0 aliphatic carbocycles. The van der Waals surface area contributed by atoms with Gasteiger partial charge in [-0.15, -0.1) is 0 Å². The molecule has 2 aromatic carbocycles. The number of nitrogens with zero attached hydrogens (tertiary/aromatic N) is 4. The summed E-state index contributed by atoms with van der Waals surface area (Å²) >= 11 is 1.40. The molecule has 0 saturated heterocycles. The topological polar surface area (TPSA) is 115 Å². The van der Waals surface area contributed by atoms with Crippen LogP contribution in [0.15, 0.2) is 53.2 Å². The Hall–Kier alpha value is -4.05. The molecule has 0 unspecified atom stereocenters. The summed E-state index contributed by atoms with van der Waals surface area (Å²) in [6, 6.07) is 13.5. The minimum Gasteiger partial charge on any atom is -0.492 e. The number of hydrogen-bond donors (Lipinski definition) is 2. The summed E-state index contributed by atoms with van der Waals surface area (Å²) in [5, 5.41) is 12.6. The highest BCUT2D eigenvalue weighted by molar-refractivity contribution is 7.22. The van der Waals surface area contributed by atoms with Crippen LogP contribution in [0.5, 0.6) is 5.75 Å². The molecule has 5 aromatic rings. The average Bonchev–Trinajstić information content (AvgIpc) is 3.45. The van der Waals surface area contributed by atoms with Gasteiger partial charge in [-0.05, 0) is 36.6 Å². The number of rotatable bonds is 8. The van der Waals surface area contributed by atoms with Crippen LogP contribution in [-0.2, 0) is 4.79 Å². The van der Waals surface area contributed by atoms with E-state index in [1.165, 1.54) is 11.3 Å². The van der Waals surface area contributed by atoms with Gasteiger partial charge in [-0.2, -0.15) is 4.98 Å². The van der Waals surface area contributed by atoms with Crippen LogP contribution in [0.2, 0.25) is 0 Å². The van der Waals surface area contributed by atoms with Gasteiger partial charge in [0.25, 0.3) is 0 Å². The van der Waals surface area contributed by atoms with E-state index < -0.39 is 0 Å². The van der Waals surface area contributed by atoms with Crippen LogP contribution in [0.25, 0.3) is 32.4 Å². The zero-order chi connectivity index (χ0) is 23.5. The van der Waals surface area contributed by atoms with Crippen molar-refractivity contribution in [2.75, 3.05) is 23.8 Å². The van der Waals surface area contributed by atoms with Crippen molar-refractivity contribution in [2.45, 2.75) is 20.3 Å². The molecule has 0 aliphatic rings. The molecule has 3 aromatic heterocycles. The van der Waals surface area contributed by atoms with E-state index in [0.717, 1.165) is 32.3 Å². The van der Waals surface area contributed by atoms with Crippen molar-refractivity contribution in [1.29, 1.82) is 0 Å². The van der Waals surface area contributed by atoms with Gasteiger partial charge in [0, 0.05) is 37.0 Å². The Morgan fingerprint density at radius 2 is 2.09 bits per heavy atom. The molecule has 5 rings (SSSR count). The van der Waals surface area contributed by atoms with Crippen molar-refractivity contribution in [3.63, 3.8) is 0 Å². The minimum absolute atomic E-state index is 0.132. The summed E-state index contributed by atoms with van der Waals surface area (Å²) in [5.74, 6) is 2.36. The predicted octanol–water partition coefficient (Wildman–Crippen LogP) is 5.04. The fourth-order valence-electron chi connectivity index (χ4n) is 3.59. The van der Waals surface area contributed by atoms with Crippen LogP contribution in [0, 0.1) is 6.92 Å². The average molecular weight is 475 g/mol. The first-order valence-electron chi connectivity index (χ1n) is 10.9. The second kappa shape index (κ2) is 9.44. The SMILES string of the molecule is CCOc1cccc2nc(NC(=O)CCNc3nccc4ccc(-c5noc(C)n5)cc34)sc12. The minimum atomic E-state index is -0.132. The van der Waals surface area contributed by atoms with Gasteiger partial charge in [0.2, 0.25) is 17.6 Å². The Balaban J connectivity index is 1.25. The molecule has 0 spiro atoms. The van der Waals surface area contributed by atoms with E-state index in [1.54, 1.807) is 13.1 Å². The highest BCUT2D eigenvalue weighted by atomic mass is 32.1. The molecule has 172 valence electrons. The maximum atomic E-state index is 12.5. The van der Waals surface area contributed by atoms with Crippen molar-refractivity contribution >= 4 is 49.2 Å². The first-order valence-corrected chi connectivity index (χ1v) is 11.7. The maximum Gasteiger partial charge on any atom is 0.227 e. The molecular weight excluding hydrogens is 452 g/mol. The van der Waals surface area contributed by atoms with Crippen molar-refractivity contribution in [1.82, 2.24) is 20.1 Å². The van der Waals surface area contributed by atoms with E-state index in [2.05, 4.69) is 30.7 Å². The van der Waals surface area contributed by atoms with Crippen LogP contribution >= 0.6 is 11.3 Å². The molecule has 0 radical (unpaired) electrons. The Labute approximate surface area is 199 Å². The molecule has 0 saturated carbocycles. The number of pyridine rings is 1. The van der Waals surface area contributed by atoms with Gasteiger partial charge in [-0.25, -0.2) is 9.97 Å². The van der Waals surface area contributed by atoms with E-state index in [4.69, 9.17) is 9.26 Å². The smallest absolute Gasteiger partial charge is 0.227 e. The first-order chi connectivity index (χ1) is 16.6. The summed E-state index contributed by atoms with van der Waals surface area (Å²) in [7, 11) is 0. The first kappa shape index (κ1) is 21.8. The Morgan fingerprint density at radius 3 is 2.91 bits per heavy atom. The number of fused-ring (bicyclic) bond motifs is 2. The van der Waals surface area contributed by atoms with Crippen molar-refractivity contribution in [3.05, 3.63) is 54.6 Å². The fourth-order valence-corrected chi connectivity index (χ4v) is 4.54. The highest BCUT2D eigenvalue weighted by Crippen LogP contribution is 2.33. The predicted molar refractivity (Wildman–Crippen MR) is 132 cm³/mol. The summed E-state index contributed by atoms with van der Waals surface area (Å²) in [5.41, 5.74) is 1.64. The molecular formula is C24H22N6O3S. The number of aromatic nitrogens is 4. The molecule has 0 bridgehead atoms. The van der Waals surface area contributed by atoms with E-state index in [1.807, 2.05) is 49.4 Å². The van der Waals surface area contributed by atoms with Gasteiger partial charge in [0.15, 0.2) is 5.13 Å². The lowest BCUT2D eigenvalue weighted by Gasteiger charge is -2.09. The monoisotopic (exact) mass is 474 g/mol. The lowest BCUT2D eigenvalue weighted by atomic mass is 10.1. The number of carbonyl (C=O) groups is 1. The molecule has 0 fully saturated rings. The number of benzene rings is 2. The van der Waals surface area contributed by atoms with E-state index in [-0.39, 0.29) is 12.3 Å². The number of nitrogens with one attached hydrogen (secondary N) is 2. The van der Waals surface area contributed by atoms with Crippen LogP contribution in [0.3, 0.4) is 0 Å². The van der Waals surface area contributed by atoms with Crippen LogP contribution in [-0.4, -0.2) is 39.2 Å². The number of carbonyl (C=O) groups excluding carboxylic acids is 1. The van der Waals surface area contributed by atoms with E-state index in [9.17, 15) is 4.79 Å². The summed E-state index contributed by atoms with van der Waals surface area (Å²) in [6.07, 6.45) is 2.00. The standard InChI is InChI=1S/C24H22N6O3S/c1-3-32-19-6-4-5-18-21(19)34-24(28-18)29-20(31)10-12-26-23-17-13-16(22-27-14(2)33-30-22)8-7-15(17)9-11-25-23/h4-9,11,13H,3,10,12H2,1-2H3,(H,25,26)(H,28,29,31). The number of amides is 1. The number of thiazole rings is 1. The normalized spacial score (nSPS) is 11.1. The van der Waals surface area contributed by atoms with E-state index >= 15 is 0 Å². The number of aryl methyl sites for hydroxylation is 1. The van der Waals surface area contributed by atoms with Crippen molar-refractivity contribution < 1.29 is 14.1 Å². The zero-order valence-corrected chi connectivity index (χ0v) is 19.5. The third-order valence-electron chi connectivity index (χ3n) is 5.12. The number of hydrogen-bond acceptors (Lipinski definition) is 9. The third-order valence-corrected chi connectivity index (χ3v) is 6.12. The third kappa shape index (κ3) is 4.53. The van der Waals surface area contributed by atoms with Gasteiger partial charge in [0.1, 0.15) is 11.6 Å². The van der Waals surface area contributed by atoms with Gasteiger partial charge in [-0.3, -0.25) is 4.79 Å². The Kier molecular flexibility index (Phi) is 6.05. The summed E-state index contributed by atoms with van der Waals surface area (Å²) < 4.78 is 11.7. The van der Waals surface area contributed by atoms with Gasteiger partial charge in [0.05, 0.1) is 16.8 Å². The molecule has 2 N–H and O–H groups in total. The van der Waals surface area contributed by atoms with Crippen molar-refractivity contribution in [3.8, 4) is 17.1 Å². The molecule has 0 aliphatic heterocycles. The molecule has 10 heteroatoms. The quantitative estimate of drug-likeness (QED) is 0.321. The lowest BCUT2D eigenvalue weighted by Crippen LogP contribution is -2.16. The molecule has 0 atom stereocenters. The number of anilines is 2. The molecule has 3 heterocycles. The molecule has 9 nitrogen and oxygen atoms in total. The highest BCUT2D eigenvalue weighted by Gasteiger charge is 2.12.